The molecule has 0 fully saturated rings. The summed E-state index contributed by atoms with van der Waals surface area (Å²) >= 11 is 0. The van der Waals surface area contributed by atoms with E-state index in [2.05, 4.69) is 5.32 Å². The maximum absolute atomic E-state index is 13.4. The van der Waals surface area contributed by atoms with Crippen LogP contribution in [0.3, 0.4) is 0 Å². The minimum Gasteiger partial charge on any atom is -0.494 e. The summed E-state index contributed by atoms with van der Waals surface area (Å²) in [5.41, 5.74) is 2.64. The highest BCUT2D eigenvalue weighted by Gasteiger charge is 2.27. The van der Waals surface area contributed by atoms with Crippen molar-refractivity contribution >= 4 is 21.6 Å². The lowest BCUT2D eigenvalue weighted by Gasteiger charge is -2.24. The van der Waals surface area contributed by atoms with Gasteiger partial charge in [0.05, 0.1) is 17.2 Å². The smallest absolute Gasteiger partial charge is 0.264 e. The SMILES string of the molecule is CCOc1ccc(S(=O)(=O)N(CC(=O)NCCCc2ccccc2)c2ccc(C)cc2)cc1. The van der Waals surface area contributed by atoms with Gasteiger partial charge in [-0.3, -0.25) is 9.10 Å². The number of nitrogens with one attached hydrogen (secondary N) is 1. The second kappa shape index (κ2) is 11.5. The summed E-state index contributed by atoms with van der Waals surface area (Å²) in [6, 6.07) is 23.3. The van der Waals surface area contributed by atoms with Crippen LogP contribution in [0.4, 0.5) is 5.69 Å². The lowest BCUT2D eigenvalue weighted by molar-refractivity contribution is -0.119. The number of rotatable bonds is 11. The molecular weight excluding hydrogens is 436 g/mol. The Hall–Kier alpha value is -3.32. The topological polar surface area (TPSA) is 75.7 Å². The molecule has 0 aliphatic heterocycles. The molecule has 0 aliphatic carbocycles. The molecule has 0 unspecified atom stereocenters. The highest BCUT2D eigenvalue weighted by molar-refractivity contribution is 7.92. The highest BCUT2D eigenvalue weighted by Crippen LogP contribution is 2.25. The fourth-order valence-electron chi connectivity index (χ4n) is 3.38. The number of nitrogens with zero attached hydrogens (tertiary/aromatic N) is 1. The molecule has 0 aromatic heterocycles. The second-order valence-electron chi connectivity index (χ2n) is 7.69. The van der Waals surface area contributed by atoms with E-state index in [-0.39, 0.29) is 17.3 Å². The van der Waals surface area contributed by atoms with Gasteiger partial charge in [-0.25, -0.2) is 8.42 Å². The van der Waals surface area contributed by atoms with Gasteiger partial charge < -0.3 is 10.1 Å². The second-order valence-corrected chi connectivity index (χ2v) is 9.55. The molecule has 0 heterocycles. The summed E-state index contributed by atoms with van der Waals surface area (Å²) in [7, 11) is -3.95. The van der Waals surface area contributed by atoms with Crippen LogP contribution in [-0.4, -0.2) is 34.0 Å². The molecule has 3 aromatic rings. The van der Waals surface area contributed by atoms with E-state index in [0.717, 1.165) is 22.7 Å². The lowest BCUT2D eigenvalue weighted by atomic mass is 10.1. The van der Waals surface area contributed by atoms with Gasteiger partial charge in [0.2, 0.25) is 5.91 Å². The Morgan fingerprint density at radius 3 is 2.24 bits per heavy atom. The van der Waals surface area contributed by atoms with Crippen molar-refractivity contribution in [2.75, 3.05) is 24.0 Å². The number of ether oxygens (including phenoxy) is 1. The molecule has 0 saturated heterocycles. The van der Waals surface area contributed by atoms with Crippen LogP contribution in [0.1, 0.15) is 24.5 Å². The number of carbonyl (C=O) groups excluding carboxylic acids is 1. The first kappa shape index (κ1) is 24.3. The van der Waals surface area contributed by atoms with Crippen molar-refractivity contribution in [1.29, 1.82) is 0 Å². The lowest BCUT2D eigenvalue weighted by Crippen LogP contribution is -2.41. The molecular formula is C26H30N2O4S. The Kier molecular flexibility index (Phi) is 8.49. The monoisotopic (exact) mass is 466 g/mol. The largest absolute Gasteiger partial charge is 0.494 e. The number of amides is 1. The summed E-state index contributed by atoms with van der Waals surface area (Å²) in [5.74, 6) is 0.243. The molecule has 0 atom stereocenters. The first-order valence-electron chi connectivity index (χ1n) is 11.0. The molecule has 3 rings (SSSR count). The number of hydrogen-bond donors (Lipinski definition) is 1. The van der Waals surface area contributed by atoms with Gasteiger partial charge in [0.15, 0.2) is 0 Å². The maximum atomic E-state index is 13.4. The number of anilines is 1. The van der Waals surface area contributed by atoms with E-state index < -0.39 is 10.0 Å². The molecule has 174 valence electrons. The summed E-state index contributed by atoms with van der Waals surface area (Å²) < 4.78 is 33.4. The minimum atomic E-state index is -3.95. The zero-order chi connectivity index (χ0) is 23.7. The Morgan fingerprint density at radius 2 is 1.61 bits per heavy atom. The van der Waals surface area contributed by atoms with Gasteiger partial charge >= 0.3 is 0 Å². The number of benzene rings is 3. The molecule has 0 saturated carbocycles. The van der Waals surface area contributed by atoms with Crippen molar-refractivity contribution in [1.82, 2.24) is 5.32 Å². The minimum absolute atomic E-state index is 0.100. The molecule has 6 nitrogen and oxygen atoms in total. The van der Waals surface area contributed by atoms with Crippen LogP contribution in [0.25, 0.3) is 0 Å². The Bertz CT molecular complexity index is 1130. The molecule has 0 aliphatic rings. The van der Waals surface area contributed by atoms with Gasteiger partial charge in [0.1, 0.15) is 12.3 Å². The van der Waals surface area contributed by atoms with E-state index in [4.69, 9.17) is 4.74 Å². The van der Waals surface area contributed by atoms with E-state index >= 15 is 0 Å². The van der Waals surface area contributed by atoms with Gasteiger partial charge in [0.25, 0.3) is 10.0 Å². The van der Waals surface area contributed by atoms with E-state index in [1.165, 1.54) is 17.7 Å². The van der Waals surface area contributed by atoms with Crippen LogP contribution >= 0.6 is 0 Å². The van der Waals surface area contributed by atoms with Crippen molar-refractivity contribution < 1.29 is 17.9 Å². The van der Waals surface area contributed by atoms with Gasteiger partial charge in [-0.1, -0.05) is 48.0 Å². The summed E-state index contributed by atoms with van der Waals surface area (Å²) in [6.45, 7) is 4.45. The fraction of sp³-hybridized carbons (Fsp3) is 0.269. The fourth-order valence-corrected chi connectivity index (χ4v) is 4.80. The van der Waals surface area contributed by atoms with Crippen LogP contribution in [0, 0.1) is 6.92 Å². The summed E-state index contributed by atoms with van der Waals surface area (Å²) in [4.78, 5) is 12.8. The zero-order valence-electron chi connectivity index (χ0n) is 19.0. The normalized spacial score (nSPS) is 11.1. The summed E-state index contributed by atoms with van der Waals surface area (Å²) in [6.07, 6.45) is 1.61. The molecule has 0 spiro atoms. The molecule has 33 heavy (non-hydrogen) atoms. The molecule has 0 bridgehead atoms. The molecule has 0 radical (unpaired) electrons. The van der Waals surface area contributed by atoms with Gasteiger partial charge in [-0.15, -0.1) is 0 Å². The van der Waals surface area contributed by atoms with Crippen LogP contribution in [0.15, 0.2) is 83.8 Å². The van der Waals surface area contributed by atoms with Gasteiger partial charge in [0, 0.05) is 6.54 Å². The number of aryl methyl sites for hydroxylation is 2. The number of carbonyl (C=O) groups is 1. The quantitative estimate of drug-likeness (QED) is 0.427. The van der Waals surface area contributed by atoms with Crippen LogP contribution in [-0.2, 0) is 21.2 Å². The van der Waals surface area contributed by atoms with Crippen molar-refractivity contribution in [2.24, 2.45) is 0 Å². The Balaban J connectivity index is 1.72. The third-order valence-electron chi connectivity index (χ3n) is 5.14. The molecule has 7 heteroatoms. The first-order chi connectivity index (χ1) is 15.9. The third kappa shape index (κ3) is 6.83. The molecule has 3 aromatic carbocycles. The standard InChI is InChI=1S/C26H30N2O4S/c1-3-32-24-15-17-25(18-16-24)33(30,31)28(23-13-11-21(2)12-14-23)20-26(29)27-19-7-10-22-8-5-4-6-9-22/h4-6,8-9,11-18H,3,7,10,19-20H2,1-2H3,(H,27,29). The molecule has 1 amide bonds. The van der Waals surface area contributed by atoms with E-state index in [0.29, 0.717) is 24.6 Å². The average Bonchev–Trinajstić information content (AvgIpc) is 2.82. The van der Waals surface area contributed by atoms with Crippen LogP contribution in [0.5, 0.6) is 5.75 Å². The zero-order valence-corrected chi connectivity index (χ0v) is 19.8. The first-order valence-corrected chi connectivity index (χ1v) is 12.5. The van der Waals surface area contributed by atoms with E-state index in [1.54, 1.807) is 24.3 Å². The van der Waals surface area contributed by atoms with Crippen molar-refractivity contribution in [3.05, 3.63) is 90.0 Å². The third-order valence-corrected chi connectivity index (χ3v) is 6.93. The van der Waals surface area contributed by atoms with Crippen molar-refractivity contribution in [3.63, 3.8) is 0 Å². The Labute approximate surface area is 196 Å². The van der Waals surface area contributed by atoms with Crippen molar-refractivity contribution in [2.45, 2.75) is 31.6 Å². The summed E-state index contributed by atoms with van der Waals surface area (Å²) in [5, 5.41) is 2.85. The molecule has 1 N–H and O–H groups in total. The van der Waals surface area contributed by atoms with E-state index in [9.17, 15) is 13.2 Å². The van der Waals surface area contributed by atoms with Crippen molar-refractivity contribution in [3.8, 4) is 5.75 Å². The average molecular weight is 467 g/mol. The van der Waals surface area contributed by atoms with Crippen LogP contribution < -0.4 is 14.4 Å². The highest BCUT2D eigenvalue weighted by atomic mass is 32.2. The predicted molar refractivity (Wildman–Crippen MR) is 131 cm³/mol. The van der Waals surface area contributed by atoms with Gasteiger partial charge in [-0.2, -0.15) is 0 Å². The van der Waals surface area contributed by atoms with Crippen LogP contribution in [0.2, 0.25) is 0 Å². The predicted octanol–water partition coefficient (Wildman–Crippen LogP) is 4.34. The number of hydrogen-bond acceptors (Lipinski definition) is 4. The van der Waals surface area contributed by atoms with Gasteiger partial charge in [-0.05, 0) is 68.7 Å². The maximum Gasteiger partial charge on any atom is 0.264 e. The number of sulfonamides is 1. The van der Waals surface area contributed by atoms with E-state index in [1.807, 2.05) is 56.3 Å². The Morgan fingerprint density at radius 1 is 0.939 bits per heavy atom.